The maximum atomic E-state index is 8.91. The van der Waals surface area contributed by atoms with Crippen LogP contribution in [0.25, 0.3) is 0 Å². The van der Waals surface area contributed by atoms with Crippen molar-refractivity contribution < 1.29 is 10.3 Å². The average molecular weight is 266 g/mol. The number of nitrogens with zero attached hydrogens (tertiary/aromatic N) is 2. The van der Waals surface area contributed by atoms with Gasteiger partial charge in [-0.15, -0.1) is 0 Å². The van der Waals surface area contributed by atoms with Gasteiger partial charge in [0.05, 0.1) is 0 Å². The number of nitrogens with two attached hydrogens (primary N) is 1. The van der Waals surface area contributed by atoms with Gasteiger partial charge in [-0.1, -0.05) is 18.1 Å². The van der Waals surface area contributed by atoms with Crippen LogP contribution in [0.5, 0.6) is 0 Å². The van der Waals surface area contributed by atoms with Gasteiger partial charge in [0.1, 0.15) is 5.69 Å². The van der Waals surface area contributed by atoms with Crippen molar-refractivity contribution in [3.05, 3.63) is 29.6 Å². The van der Waals surface area contributed by atoms with E-state index in [1.165, 1.54) is 0 Å². The number of aromatic nitrogens is 1. The standard InChI is InChI=1S/C13H22N4O2/c1-10(9-18)4-2-6-15-8-11-5-3-7-16-12(11)13(14)17-19/h3,5,7,10,15,18-19H,2,4,6,8-9H2,1H3,(H2,14,17). The molecule has 1 aromatic heterocycles. The van der Waals surface area contributed by atoms with Crippen LogP contribution in [0.15, 0.2) is 23.5 Å². The van der Waals surface area contributed by atoms with Gasteiger partial charge in [0.25, 0.3) is 0 Å². The van der Waals surface area contributed by atoms with E-state index in [1.807, 2.05) is 19.1 Å². The minimum absolute atomic E-state index is 0.0197. The molecule has 1 atom stereocenters. The molecule has 0 saturated carbocycles. The highest BCUT2D eigenvalue weighted by molar-refractivity contribution is 5.96. The van der Waals surface area contributed by atoms with Crippen molar-refractivity contribution in [3.63, 3.8) is 0 Å². The molecule has 1 unspecified atom stereocenters. The Balaban J connectivity index is 2.41. The normalized spacial score (nSPS) is 13.5. The van der Waals surface area contributed by atoms with Crippen molar-refractivity contribution in [3.8, 4) is 0 Å². The first-order valence-corrected chi connectivity index (χ1v) is 6.42. The zero-order valence-corrected chi connectivity index (χ0v) is 11.2. The molecule has 6 heteroatoms. The van der Waals surface area contributed by atoms with Gasteiger partial charge in [-0.3, -0.25) is 4.98 Å². The van der Waals surface area contributed by atoms with E-state index in [4.69, 9.17) is 16.0 Å². The molecule has 0 aliphatic rings. The van der Waals surface area contributed by atoms with Crippen molar-refractivity contribution in [2.75, 3.05) is 13.2 Å². The second-order valence-corrected chi connectivity index (χ2v) is 4.60. The average Bonchev–Trinajstić information content (AvgIpc) is 2.46. The first kappa shape index (κ1) is 15.4. The van der Waals surface area contributed by atoms with Crippen LogP contribution in [0.2, 0.25) is 0 Å². The molecule has 1 rings (SSSR count). The number of rotatable bonds is 8. The molecule has 0 fully saturated rings. The molecule has 0 aromatic carbocycles. The second-order valence-electron chi connectivity index (χ2n) is 4.60. The fraction of sp³-hybridized carbons (Fsp3) is 0.538. The van der Waals surface area contributed by atoms with E-state index in [2.05, 4.69) is 15.5 Å². The lowest BCUT2D eigenvalue weighted by atomic mass is 10.1. The van der Waals surface area contributed by atoms with Crippen LogP contribution in [0.3, 0.4) is 0 Å². The Morgan fingerprint density at radius 2 is 2.37 bits per heavy atom. The second kappa shape index (κ2) is 8.44. The van der Waals surface area contributed by atoms with E-state index in [-0.39, 0.29) is 12.4 Å². The molecular formula is C13H22N4O2. The van der Waals surface area contributed by atoms with Gasteiger partial charge in [-0.2, -0.15) is 0 Å². The summed E-state index contributed by atoms with van der Waals surface area (Å²) >= 11 is 0. The lowest BCUT2D eigenvalue weighted by Crippen LogP contribution is -2.22. The SMILES string of the molecule is CC(CO)CCCNCc1cccnc1/C(N)=N/O. The number of oxime groups is 1. The van der Waals surface area contributed by atoms with Crippen LogP contribution in [0.4, 0.5) is 0 Å². The fourth-order valence-electron chi connectivity index (χ4n) is 1.75. The van der Waals surface area contributed by atoms with Gasteiger partial charge in [0.15, 0.2) is 5.84 Å². The van der Waals surface area contributed by atoms with Gasteiger partial charge in [-0.05, 0) is 36.9 Å². The molecular weight excluding hydrogens is 244 g/mol. The van der Waals surface area contributed by atoms with Crippen molar-refractivity contribution >= 4 is 5.84 Å². The third-order valence-electron chi connectivity index (χ3n) is 2.92. The summed E-state index contributed by atoms with van der Waals surface area (Å²) in [5.74, 6) is 0.360. The molecule has 19 heavy (non-hydrogen) atoms. The zero-order valence-electron chi connectivity index (χ0n) is 11.2. The lowest BCUT2D eigenvalue weighted by molar-refractivity contribution is 0.228. The Kier molecular flexibility index (Phi) is 6.84. The summed E-state index contributed by atoms with van der Waals surface area (Å²) in [6, 6.07) is 3.71. The number of aliphatic hydroxyl groups is 1. The molecule has 6 nitrogen and oxygen atoms in total. The zero-order chi connectivity index (χ0) is 14.1. The Morgan fingerprint density at radius 1 is 1.58 bits per heavy atom. The summed E-state index contributed by atoms with van der Waals surface area (Å²) in [5.41, 5.74) is 6.96. The van der Waals surface area contributed by atoms with E-state index in [0.29, 0.717) is 18.2 Å². The van der Waals surface area contributed by atoms with Crippen molar-refractivity contribution in [2.45, 2.75) is 26.3 Å². The molecule has 0 bridgehead atoms. The van der Waals surface area contributed by atoms with Crippen LogP contribution in [0, 0.1) is 5.92 Å². The number of hydrogen-bond donors (Lipinski definition) is 4. The highest BCUT2D eigenvalue weighted by Crippen LogP contribution is 2.06. The molecule has 1 heterocycles. The summed E-state index contributed by atoms with van der Waals surface area (Å²) in [6.07, 6.45) is 3.60. The van der Waals surface area contributed by atoms with Gasteiger partial charge in [0, 0.05) is 19.3 Å². The molecule has 0 aliphatic heterocycles. The highest BCUT2D eigenvalue weighted by atomic mass is 16.4. The number of pyridine rings is 1. The number of aliphatic hydroxyl groups excluding tert-OH is 1. The van der Waals surface area contributed by atoms with E-state index >= 15 is 0 Å². The minimum atomic E-state index is 0.0197. The fourth-order valence-corrected chi connectivity index (χ4v) is 1.75. The highest BCUT2D eigenvalue weighted by Gasteiger charge is 2.07. The predicted molar refractivity (Wildman–Crippen MR) is 73.9 cm³/mol. The van der Waals surface area contributed by atoms with Crippen LogP contribution < -0.4 is 11.1 Å². The maximum Gasteiger partial charge on any atom is 0.189 e. The van der Waals surface area contributed by atoms with Gasteiger partial charge < -0.3 is 21.4 Å². The number of hydrogen-bond acceptors (Lipinski definition) is 5. The van der Waals surface area contributed by atoms with Crippen LogP contribution in [0.1, 0.15) is 31.0 Å². The summed E-state index contributed by atoms with van der Waals surface area (Å²) in [6.45, 7) is 3.73. The van der Waals surface area contributed by atoms with Gasteiger partial charge in [-0.25, -0.2) is 0 Å². The van der Waals surface area contributed by atoms with E-state index in [0.717, 1.165) is 24.9 Å². The first-order chi connectivity index (χ1) is 9.19. The Labute approximate surface area is 113 Å². The molecule has 106 valence electrons. The molecule has 0 amide bonds. The van der Waals surface area contributed by atoms with Crippen molar-refractivity contribution in [1.29, 1.82) is 0 Å². The molecule has 0 spiro atoms. The molecule has 0 radical (unpaired) electrons. The topological polar surface area (TPSA) is 104 Å². The lowest BCUT2D eigenvalue weighted by Gasteiger charge is -2.10. The quantitative estimate of drug-likeness (QED) is 0.182. The molecule has 1 aromatic rings. The largest absolute Gasteiger partial charge is 0.409 e. The van der Waals surface area contributed by atoms with Gasteiger partial charge in [0.2, 0.25) is 0 Å². The van der Waals surface area contributed by atoms with E-state index in [9.17, 15) is 0 Å². The Bertz CT molecular complexity index is 409. The van der Waals surface area contributed by atoms with Gasteiger partial charge >= 0.3 is 0 Å². The number of amidine groups is 1. The molecule has 0 saturated heterocycles. The summed E-state index contributed by atoms with van der Waals surface area (Å²) < 4.78 is 0. The first-order valence-electron chi connectivity index (χ1n) is 6.42. The Hall–Kier alpha value is -1.66. The summed E-state index contributed by atoms with van der Waals surface area (Å²) in [4.78, 5) is 4.10. The third kappa shape index (κ3) is 5.23. The van der Waals surface area contributed by atoms with Crippen LogP contribution >= 0.6 is 0 Å². The van der Waals surface area contributed by atoms with Crippen LogP contribution in [-0.2, 0) is 6.54 Å². The maximum absolute atomic E-state index is 8.91. The third-order valence-corrected chi connectivity index (χ3v) is 2.92. The summed E-state index contributed by atoms with van der Waals surface area (Å²) in [7, 11) is 0. The molecule has 0 aliphatic carbocycles. The molecule has 5 N–H and O–H groups in total. The minimum Gasteiger partial charge on any atom is -0.409 e. The van der Waals surface area contributed by atoms with Crippen LogP contribution in [-0.4, -0.2) is 34.3 Å². The van der Waals surface area contributed by atoms with E-state index in [1.54, 1.807) is 6.20 Å². The summed E-state index contributed by atoms with van der Waals surface area (Å²) in [5, 5.41) is 23.9. The predicted octanol–water partition coefficient (Wildman–Crippen LogP) is 0.674. The van der Waals surface area contributed by atoms with Crippen molar-refractivity contribution in [2.24, 2.45) is 16.8 Å². The number of nitrogens with one attached hydrogen (secondary N) is 1. The Morgan fingerprint density at radius 3 is 3.05 bits per heavy atom. The van der Waals surface area contributed by atoms with Crippen molar-refractivity contribution in [1.82, 2.24) is 10.3 Å². The monoisotopic (exact) mass is 266 g/mol. The van der Waals surface area contributed by atoms with E-state index < -0.39 is 0 Å². The smallest absolute Gasteiger partial charge is 0.189 e.